The smallest absolute Gasteiger partial charge is 0.0252 e. The van der Waals surface area contributed by atoms with Gasteiger partial charge in [0.1, 0.15) is 0 Å². The van der Waals surface area contributed by atoms with Crippen LogP contribution in [0.15, 0.2) is 0 Å². The zero-order chi connectivity index (χ0) is 6.91. The summed E-state index contributed by atoms with van der Waals surface area (Å²) in [4.78, 5) is 0. The maximum atomic E-state index is 3.49. The number of hydrogen-bond acceptors (Lipinski definition) is 2. The molecule has 1 aliphatic heterocycles. The molecular formula is C7H16N2. The van der Waals surface area contributed by atoms with Gasteiger partial charge in [-0.25, -0.2) is 0 Å². The van der Waals surface area contributed by atoms with Gasteiger partial charge in [0, 0.05) is 24.7 Å². The fourth-order valence-corrected chi connectivity index (χ4v) is 1.37. The van der Waals surface area contributed by atoms with Crippen LogP contribution >= 0.6 is 0 Å². The number of hydrogen-bond donors (Lipinski definition) is 2. The Balaban J connectivity index is 2.41. The molecule has 0 aliphatic carbocycles. The van der Waals surface area contributed by atoms with Gasteiger partial charge in [-0.3, -0.25) is 0 Å². The molecule has 0 radical (unpaired) electrons. The highest BCUT2D eigenvalue weighted by atomic mass is 15.1. The molecule has 0 amide bonds. The standard InChI is InChI=1S/C7H16N2/c1-6-4-8-5-7(2,3)9-6/h6,8-9H,4-5H2,1-3H3. The van der Waals surface area contributed by atoms with Crippen LogP contribution in [0.5, 0.6) is 0 Å². The van der Waals surface area contributed by atoms with Crippen molar-refractivity contribution in [3.63, 3.8) is 0 Å². The highest BCUT2D eigenvalue weighted by Crippen LogP contribution is 2.05. The van der Waals surface area contributed by atoms with Crippen molar-refractivity contribution in [2.75, 3.05) is 13.1 Å². The van der Waals surface area contributed by atoms with Gasteiger partial charge in [0.15, 0.2) is 0 Å². The third-order valence-corrected chi connectivity index (χ3v) is 1.65. The van der Waals surface area contributed by atoms with Crippen molar-refractivity contribution in [3.05, 3.63) is 0 Å². The Morgan fingerprint density at radius 2 is 2.11 bits per heavy atom. The Kier molecular flexibility index (Phi) is 1.78. The summed E-state index contributed by atoms with van der Waals surface area (Å²) >= 11 is 0. The molecule has 1 rings (SSSR count). The molecule has 1 unspecified atom stereocenters. The summed E-state index contributed by atoms with van der Waals surface area (Å²) in [5, 5.41) is 6.86. The fraction of sp³-hybridized carbons (Fsp3) is 1.00. The Morgan fingerprint density at radius 1 is 1.44 bits per heavy atom. The lowest BCUT2D eigenvalue weighted by Gasteiger charge is -2.36. The van der Waals surface area contributed by atoms with Gasteiger partial charge in [-0.05, 0) is 20.8 Å². The third-order valence-electron chi connectivity index (χ3n) is 1.65. The maximum absolute atomic E-state index is 3.49. The predicted octanol–water partition coefficient (Wildman–Crippen LogP) is 0.346. The lowest BCUT2D eigenvalue weighted by atomic mass is 10.0. The van der Waals surface area contributed by atoms with Crippen molar-refractivity contribution < 1.29 is 0 Å². The van der Waals surface area contributed by atoms with Crippen LogP contribution in [0, 0.1) is 0 Å². The second kappa shape index (κ2) is 2.27. The van der Waals surface area contributed by atoms with Gasteiger partial charge >= 0.3 is 0 Å². The highest BCUT2D eigenvalue weighted by molar-refractivity contribution is 4.88. The first kappa shape index (κ1) is 7.03. The molecule has 1 atom stereocenters. The molecule has 9 heavy (non-hydrogen) atoms. The van der Waals surface area contributed by atoms with Crippen molar-refractivity contribution in [2.45, 2.75) is 32.4 Å². The van der Waals surface area contributed by atoms with Crippen LogP contribution in [0.1, 0.15) is 20.8 Å². The second-order valence-electron chi connectivity index (χ2n) is 3.56. The molecule has 0 aromatic heterocycles. The summed E-state index contributed by atoms with van der Waals surface area (Å²) in [6.07, 6.45) is 0. The zero-order valence-electron chi connectivity index (χ0n) is 6.49. The van der Waals surface area contributed by atoms with E-state index in [-0.39, 0.29) is 5.54 Å². The average Bonchev–Trinajstić information content (AvgIpc) is 1.60. The first-order chi connectivity index (χ1) is 4.10. The predicted molar refractivity (Wildman–Crippen MR) is 39.5 cm³/mol. The van der Waals surface area contributed by atoms with Gasteiger partial charge in [-0.15, -0.1) is 0 Å². The Morgan fingerprint density at radius 3 is 2.44 bits per heavy atom. The molecule has 0 bridgehead atoms. The van der Waals surface area contributed by atoms with Crippen LogP contribution in [-0.2, 0) is 0 Å². The molecule has 0 saturated carbocycles. The summed E-state index contributed by atoms with van der Waals surface area (Å²) in [7, 11) is 0. The molecule has 2 nitrogen and oxygen atoms in total. The van der Waals surface area contributed by atoms with Crippen molar-refractivity contribution in [3.8, 4) is 0 Å². The largest absolute Gasteiger partial charge is 0.313 e. The Labute approximate surface area is 57.0 Å². The van der Waals surface area contributed by atoms with Crippen molar-refractivity contribution >= 4 is 0 Å². The van der Waals surface area contributed by atoms with Crippen molar-refractivity contribution in [2.24, 2.45) is 0 Å². The number of piperazine rings is 1. The Bertz CT molecular complexity index is 99.1. The van der Waals surface area contributed by atoms with Crippen LogP contribution in [0.4, 0.5) is 0 Å². The van der Waals surface area contributed by atoms with Gasteiger partial charge in [-0.1, -0.05) is 0 Å². The molecule has 2 heteroatoms. The lowest BCUT2D eigenvalue weighted by molar-refractivity contribution is 0.273. The minimum absolute atomic E-state index is 0.289. The maximum Gasteiger partial charge on any atom is 0.0252 e. The van der Waals surface area contributed by atoms with E-state index < -0.39 is 0 Å². The van der Waals surface area contributed by atoms with Crippen molar-refractivity contribution in [1.82, 2.24) is 10.6 Å². The molecule has 0 aromatic carbocycles. The van der Waals surface area contributed by atoms with E-state index in [0.717, 1.165) is 13.1 Å². The number of nitrogens with one attached hydrogen (secondary N) is 2. The first-order valence-corrected chi connectivity index (χ1v) is 3.58. The van der Waals surface area contributed by atoms with Gasteiger partial charge in [0.05, 0.1) is 0 Å². The average molecular weight is 128 g/mol. The molecule has 1 fully saturated rings. The lowest BCUT2D eigenvalue weighted by Crippen LogP contribution is -2.59. The molecule has 0 aromatic rings. The number of rotatable bonds is 0. The van der Waals surface area contributed by atoms with E-state index in [1.165, 1.54) is 0 Å². The first-order valence-electron chi connectivity index (χ1n) is 3.58. The van der Waals surface area contributed by atoms with Crippen LogP contribution in [0.25, 0.3) is 0 Å². The van der Waals surface area contributed by atoms with Gasteiger partial charge in [0.25, 0.3) is 0 Å². The van der Waals surface area contributed by atoms with E-state index >= 15 is 0 Å². The minimum atomic E-state index is 0.289. The van der Waals surface area contributed by atoms with E-state index in [2.05, 4.69) is 31.4 Å². The summed E-state index contributed by atoms with van der Waals surface area (Å²) < 4.78 is 0. The summed E-state index contributed by atoms with van der Waals surface area (Å²) in [6.45, 7) is 8.82. The van der Waals surface area contributed by atoms with E-state index in [4.69, 9.17) is 0 Å². The van der Waals surface area contributed by atoms with E-state index in [9.17, 15) is 0 Å². The van der Waals surface area contributed by atoms with Gasteiger partial charge in [-0.2, -0.15) is 0 Å². The monoisotopic (exact) mass is 128 g/mol. The van der Waals surface area contributed by atoms with Crippen LogP contribution in [-0.4, -0.2) is 24.7 Å². The van der Waals surface area contributed by atoms with Gasteiger partial charge < -0.3 is 10.6 Å². The van der Waals surface area contributed by atoms with Crippen LogP contribution < -0.4 is 10.6 Å². The van der Waals surface area contributed by atoms with E-state index in [1.54, 1.807) is 0 Å². The third kappa shape index (κ3) is 1.95. The molecule has 1 heterocycles. The molecule has 2 N–H and O–H groups in total. The normalized spacial score (nSPS) is 34.3. The highest BCUT2D eigenvalue weighted by Gasteiger charge is 2.23. The quantitative estimate of drug-likeness (QED) is 0.492. The van der Waals surface area contributed by atoms with Gasteiger partial charge in [0.2, 0.25) is 0 Å². The van der Waals surface area contributed by atoms with Crippen LogP contribution in [0.2, 0.25) is 0 Å². The minimum Gasteiger partial charge on any atom is -0.313 e. The molecule has 0 spiro atoms. The SMILES string of the molecule is CC1CNCC(C)(C)N1. The second-order valence-corrected chi connectivity index (χ2v) is 3.56. The zero-order valence-corrected chi connectivity index (χ0v) is 6.49. The van der Waals surface area contributed by atoms with E-state index in [1.807, 2.05) is 0 Å². The molecular weight excluding hydrogens is 112 g/mol. The van der Waals surface area contributed by atoms with E-state index in [0.29, 0.717) is 6.04 Å². The topological polar surface area (TPSA) is 24.1 Å². The van der Waals surface area contributed by atoms with Crippen LogP contribution in [0.3, 0.4) is 0 Å². The van der Waals surface area contributed by atoms with Crippen molar-refractivity contribution in [1.29, 1.82) is 0 Å². The summed E-state index contributed by atoms with van der Waals surface area (Å²) in [5.74, 6) is 0. The fourth-order valence-electron chi connectivity index (χ4n) is 1.37. The summed E-state index contributed by atoms with van der Waals surface area (Å²) in [6, 6.07) is 0.619. The Hall–Kier alpha value is -0.0800. The summed E-state index contributed by atoms with van der Waals surface area (Å²) in [5.41, 5.74) is 0.289. The molecule has 1 aliphatic rings. The molecule has 1 saturated heterocycles. The molecule has 54 valence electrons.